The van der Waals surface area contributed by atoms with Gasteiger partial charge in [-0.3, -0.25) is 9.78 Å². The summed E-state index contributed by atoms with van der Waals surface area (Å²) in [6.45, 7) is 0.688. The molecule has 26 heavy (non-hydrogen) atoms. The molecule has 0 fully saturated rings. The third kappa shape index (κ3) is 2.14. The number of hydrogen-bond donors (Lipinski definition) is 1. The lowest BCUT2D eigenvalue weighted by Crippen LogP contribution is -2.29. The van der Waals surface area contributed by atoms with Crippen molar-refractivity contribution < 1.29 is 0 Å². The van der Waals surface area contributed by atoms with Crippen molar-refractivity contribution in [2.24, 2.45) is 0 Å². The molecule has 0 spiro atoms. The largest absolute Gasteiger partial charge is 0.349 e. The normalized spacial score (nSPS) is 12.6. The zero-order valence-corrected chi connectivity index (χ0v) is 13.9. The second-order valence-corrected chi connectivity index (χ2v) is 6.44. The van der Waals surface area contributed by atoms with E-state index >= 15 is 0 Å². The minimum absolute atomic E-state index is 0.395. The van der Waals surface area contributed by atoms with Gasteiger partial charge in [-0.2, -0.15) is 4.98 Å². The Morgan fingerprint density at radius 2 is 1.69 bits per heavy atom. The first-order valence-electron chi connectivity index (χ1n) is 8.54. The summed E-state index contributed by atoms with van der Waals surface area (Å²) in [4.78, 5) is 31.0. The Hall–Kier alpha value is -3.47. The topological polar surface area (TPSA) is 67.8 Å². The number of rotatable bonds is 1. The third-order valence-electron chi connectivity index (χ3n) is 4.96. The van der Waals surface area contributed by atoms with Gasteiger partial charge in [-0.05, 0) is 23.6 Å². The van der Waals surface area contributed by atoms with E-state index in [1.807, 2.05) is 53.1 Å². The van der Waals surface area contributed by atoms with Crippen LogP contribution in [0, 0.1) is 0 Å². The van der Waals surface area contributed by atoms with E-state index in [1.54, 1.807) is 0 Å². The van der Waals surface area contributed by atoms with Crippen molar-refractivity contribution >= 4 is 0 Å². The summed E-state index contributed by atoms with van der Waals surface area (Å²) in [5.74, 6) is 0.449. The average Bonchev–Trinajstić information content (AvgIpc) is 2.67. The van der Waals surface area contributed by atoms with Crippen LogP contribution in [0.15, 0.2) is 70.3 Å². The molecule has 3 aliphatic heterocycles. The standard InChI is InChI=1S/C21H15N3O2/c25-20-18-16(13-6-2-1-3-7-13)12-17-15-9-5-4-8-14(15)10-11-24(17)19(18)22-21(26)23-20/h1-9,12H,10-11H2,(H,23,25,26). The lowest BCUT2D eigenvalue weighted by atomic mass is 9.92. The van der Waals surface area contributed by atoms with Crippen LogP contribution in [0.4, 0.5) is 0 Å². The minimum atomic E-state index is -0.610. The van der Waals surface area contributed by atoms with E-state index in [1.165, 1.54) is 5.56 Å². The summed E-state index contributed by atoms with van der Waals surface area (Å²) in [7, 11) is 0. The first-order valence-corrected chi connectivity index (χ1v) is 8.54. The molecular formula is C21H15N3O2. The molecule has 5 rings (SSSR count). The Morgan fingerprint density at radius 1 is 0.923 bits per heavy atom. The van der Waals surface area contributed by atoms with Crippen LogP contribution < -0.4 is 11.2 Å². The predicted octanol–water partition coefficient (Wildman–Crippen LogP) is 2.93. The van der Waals surface area contributed by atoms with Gasteiger partial charge >= 0.3 is 5.69 Å². The van der Waals surface area contributed by atoms with Crippen LogP contribution >= 0.6 is 0 Å². The Bertz CT molecular complexity index is 1220. The van der Waals surface area contributed by atoms with Gasteiger partial charge < -0.3 is 4.57 Å². The first kappa shape index (κ1) is 14.8. The van der Waals surface area contributed by atoms with E-state index in [2.05, 4.69) is 22.1 Å². The molecule has 0 aromatic heterocycles. The number of H-pyrrole nitrogens is 1. The number of pyridine rings is 1. The van der Waals surface area contributed by atoms with E-state index in [4.69, 9.17) is 0 Å². The number of nitrogens with one attached hydrogen (secondary N) is 1. The summed E-state index contributed by atoms with van der Waals surface area (Å²) < 4.78 is 1.99. The summed E-state index contributed by atoms with van der Waals surface area (Å²) in [6, 6.07) is 20.0. The number of aromatic amines is 1. The van der Waals surface area contributed by atoms with Crippen LogP contribution in [0.5, 0.6) is 0 Å². The Morgan fingerprint density at radius 3 is 2.54 bits per heavy atom. The van der Waals surface area contributed by atoms with Crippen LogP contribution in [0.25, 0.3) is 33.8 Å². The summed E-state index contributed by atoms with van der Waals surface area (Å²) in [5.41, 5.74) is 4.53. The molecular weight excluding hydrogens is 326 g/mol. The Balaban J connectivity index is 1.95. The maximum Gasteiger partial charge on any atom is 0.349 e. The quantitative estimate of drug-likeness (QED) is 0.579. The number of aromatic nitrogens is 3. The molecule has 0 atom stereocenters. The molecule has 5 nitrogen and oxygen atoms in total. The van der Waals surface area contributed by atoms with Gasteiger partial charge in [0.15, 0.2) is 5.82 Å². The smallest absolute Gasteiger partial charge is 0.325 e. The molecule has 0 aliphatic carbocycles. The number of fused-ring (bicyclic) bond motifs is 5. The van der Waals surface area contributed by atoms with Crippen molar-refractivity contribution in [1.29, 1.82) is 0 Å². The lowest BCUT2D eigenvalue weighted by Gasteiger charge is -2.27. The van der Waals surface area contributed by atoms with Crippen LogP contribution in [-0.2, 0) is 13.0 Å². The van der Waals surface area contributed by atoms with Crippen molar-refractivity contribution in [3.05, 3.63) is 87.1 Å². The molecule has 126 valence electrons. The monoisotopic (exact) mass is 341 g/mol. The molecule has 0 bridgehead atoms. The van der Waals surface area contributed by atoms with Gasteiger partial charge in [-0.1, -0.05) is 54.6 Å². The first-order chi connectivity index (χ1) is 12.7. The molecule has 5 heteroatoms. The summed E-state index contributed by atoms with van der Waals surface area (Å²) in [6.07, 6.45) is 0.844. The molecule has 0 amide bonds. The molecule has 0 saturated carbocycles. The summed E-state index contributed by atoms with van der Waals surface area (Å²) >= 11 is 0. The molecule has 2 aromatic carbocycles. The van der Waals surface area contributed by atoms with Crippen molar-refractivity contribution in [1.82, 2.24) is 14.5 Å². The molecule has 2 aromatic rings. The predicted molar refractivity (Wildman–Crippen MR) is 100 cm³/mol. The van der Waals surface area contributed by atoms with Gasteiger partial charge in [0.05, 0.1) is 11.3 Å². The Labute approximate surface area is 148 Å². The molecule has 0 unspecified atom stereocenters. The number of benzene rings is 2. The van der Waals surface area contributed by atoms with E-state index in [-0.39, 0.29) is 0 Å². The van der Waals surface area contributed by atoms with Crippen LogP contribution in [0.1, 0.15) is 5.56 Å². The average molecular weight is 341 g/mol. The van der Waals surface area contributed by atoms with E-state index in [0.29, 0.717) is 17.9 Å². The van der Waals surface area contributed by atoms with Crippen molar-refractivity contribution in [3.8, 4) is 33.8 Å². The highest BCUT2D eigenvalue weighted by molar-refractivity contribution is 5.85. The highest BCUT2D eigenvalue weighted by Gasteiger charge is 2.25. The zero-order valence-electron chi connectivity index (χ0n) is 13.9. The fourth-order valence-corrected chi connectivity index (χ4v) is 3.80. The zero-order chi connectivity index (χ0) is 17.7. The van der Waals surface area contributed by atoms with Crippen LogP contribution in [-0.4, -0.2) is 14.5 Å². The fraction of sp³-hybridized carbons (Fsp3) is 0.0952. The maximum atomic E-state index is 12.6. The SMILES string of the molecule is O=c1nc2n3c(cc(-c4ccccc4)c-2c(=O)[nH]1)-c1ccccc1CC3. The van der Waals surface area contributed by atoms with Crippen LogP contribution in [0.2, 0.25) is 0 Å². The van der Waals surface area contributed by atoms with Crippen molar-refractivity contribution in [3.63, 3.8) is 0 Å². The number of aryl methyl sites for hydroxylation is 1. The number of hydrogen-bond acceptors (Lipinski definition) is 3. The molecule has 0 saturated heterocycles. The van der Waals surface area contributed by atoms with E-state index in [0.717, 1.165) is 28.8 Å². The fourth-order valence-electron chi connectivity index (χ4n) is 3.80. The lowest BCUT2D eigenvalue weighted by molar-refractivity contribution is 0.671. The van der Waals surface area contributed by atoms with Crippen molar-refractivity contribution in [2.45, 2.75) is 13.0 Å². The van der Waals surface area contributed by atoms with Gasteiger partial charge in [0.25, 0.3) is 5.56 Å². The molecule has 3 heterocycles. The molecule has 0 radical (unpaired) electrons. The van der Waals surface area contributed by atoms with E-state index < -0.39 is 11.2 Å². The highest BCUT2D eigenvalue weighted by atomic mass is 16.2. The maximum absolute atomic E-state index is 12.6. The van der Waals surface area contributed by atoms with Gasteiger partial charge in [-0.15, -0.1) is 0 Å². The second-order valence-electron chi connectivity index (χ2n) is 6.44. The highest BCUT2D eigenvalue weighted by Crippen LogP contribution is 2.38. The summed E-state index contributed by atoms with van der Waals surface area (Å²) in [5, 5.41) is 0. The van der Waals surface area contributed by atoms with Gasteiger partial charge in [-0.25, -0.2) is 4.79 Å². The van der Waals surface area contributed by atoms with Gasteiger partial charge in [0.2, 0.25) is 0 Å². The van der Waals surface area contributed by atoms with E-state index in [9.17, 15) is 9.59 Å². The molecule has 3 aliphatic rings. The van der Waals surface area contributed by atoms with Crippen molar-refractivity contribution in [2.75, 3.05) is 0 Å². The minimum Gasteiger partial charge on any atom is -0.325 e. The second kappa shape index (κ2) is 5.52. The third-order valence-corrected chi connectivity index (χ3v) is 4.96. The van der Waals surface area contributed by atoms with Crippen LogP contribution in [0.3, 0.4) is 0 Å². The van der Waals surface area contributed by atoms with Gasteiger partial charge in [0.1, 0.15) is 0 Å². The van der Waals surface area contributed by atoms with Gasteiger partial charge in [0, 0.05) is 17.7 Å². The number of nitrogens with zero attached hydrogens (tertiary/aromatic N) is 2. The molecule has 1 N–H and O–H groups in total. The Kier molecular flexibility index (Phi) is 3.15.